The molecule has 30 heavy (non-hydrogen) atoms. The summed E-state index contributed by atoms with van der Waals surface area (Å²) in [4.78, 5) is 12.9. The van der Waals surface area contributed by atoms with Gasteiger partial charge in [-0.25, -0.2) is 13.4 Å². The van der Waals surface area contributed by atoms with E-state index in [1.165, 1.54) is 18.5 Å². The van der Waals surface area contributed by atoms with Crippen LogP contribution in [0.4, 0.5) is 5.69 Å². The van der Waals surface area contributed by atoms with Gasteiger partial charge in [-0.15, -0.1) is 0 Å². The first-order valence-electron chi connectivity index (χ1n) is 8.74. The predicted molar refractivity (Wildman–Crippen MR) is 114 cm³/mol. The first-order chi connectivity index (χ1) is 14.1. The molecule has 0 radical (unpaired) electrons. The van der Waals surface area contributed by atoms with E-state index in [-0.39, 0.29) is 16.6 Å². The van der Waals surface area contributed by atoms with Gasteiger partial charge in [-0.3, -0.25) is 14.7 Å². The summed E-state index contributed by atoms with van der Waals surface area (Å²) in [5.41, 5.74) is 3.48. The average molecular weight is 444 g/mol. The normalized spacial score (nSPS) is 11.1. The lowest BCUT2D eigenvalue weighted by Gasteiger charge is -2.16. The Morgan fingerprint density at radius 3 is 2.50 bits per heavy atom. The van der Waals surface area contributed by atoms with Gasteiger partial charge in [0.2, 0.25) is 15.9 Å². The fraction of sp³-hybridized carbons (Fsp3) is 0.200. The highest BCUT2D eigenvalue weighted by Crippen LogP contribution is 2.38. The number of ether oxygens (including phenoxy) is 1. The van der Waals surface area contributed by atoms with Crippen LogP contribution in [0.5, 0.6) is 11.6 Å². The number of aryl methyl sites for hydroxylation is 3. The molecule has 0 aliphatic heterocycles. The molecule has 0 aliphatic carbocycles. The van der Waals surface area contributed by atoms with Crippen molar-refractivity contribution in [3.05, 3.63) is 58.1 Å². The lowest BCUT2D eigenvalue weighted by molar-refractivity contribution is 0.455. The Labute approximate surface area is 179 Å². The Bertz CT molecular complexity index is 1260. The number of halogens is 1. The standard InChI is InChI=1S/C20H18ClN5O3S/c1-11-5-12(2)24-13(3)19(11)29-20-17(26-30(4,27)28)7-16(21)18(25-20)15-6-14(8-22)9-23-10-15/h5-7,9-10,26H,1-4H3. The van der Waals surface area contributed by atoms with Crippen LogP contribution >= 0.6 is 11.6 Å². The monoisotopic (exact) mass is 443 g/mol. The van der Waals surface area contributed by atoms with E-state index in [4.69, 9.17) is 21.6 Å². The van der Waals surface area contributed by atoms with Crippen molar-refractivity contribution in [1.29, 1.82) is 5.26 Å². The summed E-state index contributed by atoms with van der Waals surface area (Å²) in [5.74, 6) is 0.459. The zero-order chi connectivity index (χ0) is 22.1. The number of nitrogens with one attached hydrogen (secondary N) is 1. The number of hydrogen-bond donors (Lipinski definition) is 1. The molecule has 0 atom stereocenters. The zero-order valence-electron chi connectivity index (χ0n) is 16.7. The minimum absolute atomic E-state index is 0.000890. The molecule has 3 aromatic heterocycles. The molecule has 0 aliphatic rings. The van der Waals surface area contributed by atoms with Gasteiger partial charge in [-0.1, -0.05) is 11.6 Å². The van der Waals surface area contributed by atoms with Crippen LogP contribution in [0.15, 0.2) is 30.6 Å². The summed E-state index contributed by atoms with van der Waals surface area (Å²) in [5, 5.41) is 9.30. The van der Waals surface area contributed by atoms with Gasteiger partial charge in [0.25, 0.3) is 0 Å². The quantitative estimate of drug-likeness (QED) is 0.629. The Morgan fingerprint density at radius 2 is 1.87 bits per heavy atom. The van der Waals surface area contributed by atoms with E-state index in [1.807, 2.05) is 26.0 Å². The highest BCUT2D eigenvalue weighted by molar-refractivity contribution is 7.92. The maximum Gasteiger partial charge on any atom is 0.244 e. The Hall–Kier alpha value is -3.22. The van der Waals surface area contributed by atoms with Crippen molar-refractivity contribution in [3.63, 3.8) is 0 Å². The first-order valence-corrected chi connectivity index (χ1v) is 11.0. The van der Waals surface area contributed by atoms with Crippen molar-refractivity contribution in [1.82, 2.24) is 15.0 Å². The first kappa shape index (κ1) is 21.5. The molecule has 0 bridgehead atoms. The minimum Gasteiger partial charge on any atom is -0.435 e. The van der Waals surface area contributed by atoms with Crippen molar-refractivity contribution in [2.45, 2.75) is 20.8 Å². The van der Waals surface area contributed by atoms with Crippen LogP contribution in [0.3, 0.4) is 0 Å². The molecule has 0 saturated carbocycles. The molecule has 3 heterocycles. The van der Waals surface area contributed by atoms with Crippen LogP contribution in [-0.2, 0) is 10.0 Å². The molecule has 0 aromatic carbocycles. The largest absolute Gasteiger partial charge is 0.435 e. The SMILES string of the molecule is Cc1cc(C)c(Oc2nc(-c3cncc(C#N)c3)c(Cl)cc2NS(C)(=O)=O)c(C)n1. The molecule has 0 fully saturated rings. The third-order valence-corrected chi connectivity index (χ3v) is 4.91. The van der Waals surface area contributed by atoms with Gasteiger partial charge < -0.3 is 4.74 Å². The van der Waals surface area contributed by atoms with E-state index in [1.54, 1.807) is 13.0 Å². The molecule has 0 saturated heterocycles. The highest BCUT2D eigenvalue weighted by atomic mass is 35.5. The van der Waals surface area contributed by atoms with Gasteiger partial charge in [-0.2, -0.15) is 5.26 Å². The lowest BCUT2D eigenvalue weighted by Crippen LogP contribution is -2.11. The van der Waals surface area contributed by atoms with Crippen molar-refractivity contribution in [2.24, 2.45) is 0 Å². The van der Waals surface area contributed by atoms with E-state index in [0.717, 1.165) is 17.5 Å². The van der Waals surface area contributed by atoms with Crippen molar-refractivity contribution >= 4 is 27.3 Å². The molecule has 0 amide bonds. The summed E-state index contributed by atoms with van der Waals surface area (Å²) in [7, 11) is -3.62. The molecule has 8 nitrogen and oxygen atoms in total. The van der Waals surface area contributed by atoms with E-state index in [0.29, 0.717) is 28.3 Å². The number of hydrogen-bond acceptors (Lipinski definition) is 7. The summed E-state index contributed by atoms with van der Waals surface area (Å²) < 4.78 is 32.1. The maximum absolute atomic E-state index is 11.8. The maximum atomic E-state index is 11.8. The van der Waals surface area contributed by atoms with Gasteiger partial charge in [-0.05, 0) is 44.5 Å². The van der Waals surface area contributed by atoms with E-state index in [2.05, 4.69) is 19.7 Å². The van der Waals surface area contributed by atoms with Crippen LogP contribution in [-0.4, -0.2) is 29.6 Å². The minimum atomic E-state index is -3.62. The number of anilines is 1. The fourth-order valence-electron chi connectivity index (χ4n) is 2.92. The molecule has 3 aromatic rings. The zero-order valence-corrected chi connectivity index (χ0v) is 18.3. The number of rotatable bonds is 5. The van der Waals surface area contributed by atoms with Gasteiger partial charge >= 0.3 is 0 Å². The third-order valence-electron chi connectivity index (χ3n) is 4.03. The second kappa shape index (κ2) is 8.26. The average Bonchev–Trinajstić information content (AvgIpc) is 2.64. The van der Waals surface area contributed by atoms with Gasteiger partial charge in [0.1, 0.15) is 11.8 Å². The highest BCUT2D eigenvalue weighted by Gasteiger charge is 2.19. The molecular weight excluding hydrogens is 426 g/mol. The number of nitrogens with zero attached hydrogens (tertiary/aromatic N) is 4. The number of sulfonamides is 1. The summed E-state index contributed by atoms with van der Waals surface area (Å²) in [6, 6.07) is 6.85. The summed E-state index contributed by atoms with van der Waals surface area (Å²) >= 11 is 6.37. The van der Waals surface area contributed by atoms with Gasteiger partial charge in [0.05, 0.1) is 28.2 Å². The Kier molecular flexibility index (Phi) is 5.92. The fourth-order valence-corrected chi connectivity index (χ4v) is 3.72. The molecule has 154 valence electrons. The molecule has 3 rings (SSSR count). The topological polar surface area (TPSA) is 118 Å². The van der Waals surface area contributed by atoms with Crippen molar-refractivity contribution in [2.75, 3.05) is 11.0 Å². The second-order valence-corrected chi connectivity index (χ2v) is 8.87. The third kappa shape index (κ3) is 4.84. The molecular formula is C20H18ClN5O3S. The van der Waals surface area contributed by atoms with Gasteiger partial charge in [0.15, 0.2) is 5.75 Å². The van der Waals surface area contributed by atoms with Crippen LogP contribution in [0.2, 0.25) is 5.02 Å². The van der Waals surface area contributed by atoms with Crippen LogP contribution in [0.1, 0.15) is 22.5 Å². The number of pyridine rings is 3. The number of aromatic nitrogens is 3. The lowest BCUT2D eigenvalue weighted by atomic mass is 10.1. The molecule has 0 spiro atoms. The van der Waals surface area contributed by atoms with Gasteiger partial charge in [0, 0.05) is 23.7 Å². The van der Waals surface area contributed by atoms with Crippen LogP contribution in [0.25, 0.3) is 11.3 Å². The second-order valence-electron chi connectivity index (χ2n) is 6.72. The van der Waals surface area contributed by atoms with Crippen LogP contribution in [0, 0.1) is 32.1 Å². The van der Waals surface area contributed by atoms with E-state index < -0.39 is 10.0 Å². The van der Waals surface area contributed by atoms with E-state index >= 15 is 0 Å². The molecule has 10 heteroatoms. The van der Waals surface area contributed by atoms with Crippen molar-refractivity contribution < 1.29 is 13.2 Å². The number of nitriles is 1. The van der Waals surface area contributed by atoms with E-state index in [9.17, 15) is 8.42 Å². The van der Waals surface area contributed by atoms with Crippen LogP contribution < -0.4 is 9.46 Å². The predicted octanol–water partition coefficient (Wildman–Crippen LogP) is 4.15. The summed E-state index contributed by atoms with van der Waals surface area (Å²) in [6.07, 6.45) is 3.94. The Balaban J connectivity index is 2.19. The Morgan fingerprint density at radius 1 is 1.13 bits per heavy atom. The molecule has 1 N–H and O–H groups in total. The molecule has 0 unspecified atom stereocenters. The smallest absolute Gasteiger partial charge is 0.244 e. The van der Waals surface area contributed by atoms with Crippen molar-refractivity contribution in [3.8, 4) is 29.0 Å². The summed E-state index contributed by atoms with van der Waals surface area (Å²) in [6.45, 7) is 5.52.